The molecule has 9 nitrogen and oxygen atoms in total. The van der Waals surface area contributed by atoms with Gasteiger partial charge in [-0.25, -0.2) is 9.36 Å². The first-order valence-electron chi connectivity index (χ1n) is 5.17. The molecule has 1 aliphatic rings. The fourth-order valence-electron chi connectivity index (χ4n) is 1.48. The average molecular weight is 309 g/mol. The Balaban J connectivity index is 1.98. The van der Waals surface area contributed by atoms with Crippen LogP contribution in [0, 0.1) is 0 Å². The van der Waals surface area contributed by atoms with Gasteiger partial charge in [-0.15, -0.1) is 11.8 Å². The highest BCUT2D eigenvalue weighted by atomic mass is 32.2. The zero-order valence-electron chi connectivity index (χ0n) is 9.58. The van der Waals surface area contributed by atoms with E-state index in [1.54, 1.807) is 0 Å². The van der Waals surface area contributed by atoms with Gasteiger partial charge >= 0.3 is 13.5 Å². The van der Waals surface area contributed by atoms with E-state index in [2.05, 4.69) is 9.51 Å². The molecule has 0 spiro atoms. The summed E-state index contributed by atoms with van der Waals surface area (Å²) in [5.41, 5.74) is 4.28. The third-order valence-electron chi connectivity index (χ3n) is 2.27. The largest absolute Gasteiger partial charge is 0.469 e. The lowest BCUT2D eigenvalue weighted by molar-refractivity contribution is -0.00645. The van der Waals surface area contributed by atoms with Crippen LogP contribution in [0.5, 0.6) is 0 Å². The summed E-state index contributed by atoms with van der Waals surface area (Å²) in [7, 11) is -4.52. The molecular weight excluding hydrogens is 297 g/mol. The van der Waals surface area contributed by atoms with E-state index in [1.165, 1.54) is 28.6 Å². The molecular formula is C8H12N3O6PS. The van der Waals surface area contributed by atoms with Gasteiger partial charge in [-0.2, -0.15) is 4.98 Å². The summed E-state index contributed by atoms with van der Waals surface area (Å²) in [4.78, 5) is 32.3. The number of thioether (sulfide) groups is 1. The predicted octanol–water partition coefficient (Wildman–Crippen LogP) is -0.477. The summed E-state index contributed by atoms with van der Waals surface area (Å²) in [5, 5.41) is 0. The topological polar surface area (TPSA) is 137 Å². The first-order chi connectivity index (χ1) is 8.85. The fraction of sp³-hybridized carbons (Fsp3) is 0.500. The molecule has 2 atom stereocenters. The van der Waals surface area contributed by atoms with Gasteiger partial charge in [0.05, 0.1) is 6.61 Å². The third kappa shape index (κ3) is 4.03. The molecule has 0 radical (unpaired) electrons. The summed E-state index contributed by atoms with van der Waals surface area (Å²) in [5.74, 6) is 0.564. The maximum atomic E-state index is 11.6. The maximum absolute atomic E-state index is 11.6. The van der Waals surface area contributed by atoms with Crippen molar-refractivity contribution in [1.82, 2.24) is 9.55 Å². The van der Waals surface area contributed by atoms with E-state index in [9.17, 15) is 9.36 Å². The zero-order chi connectivity index (χ0) is 14.0. The van der Waals surface area contributed by atoms with Crippen LogP contribution in [0.25, 0.3) is 0 Å². The Morgan fingerprint density at radius 1 is 1.68 bits per heavy atom. The van der Waals surface area contributed by atoms with Gasteiger partial charge in [-0.1, -0.05) is 0 Å². The molecule has 2 heterocycles. The van der Waals surface area contributed by atoms with Crippen molar-refractivity contribution in [2.24, 2.45) is 0 Å². The Morgan fingerprint density at radius 2 is 2.42 bits per heavy atom. The number of hydrogen-bond acceptors (Lipinski definition) is 7. The second-order valence-electron chi connectivity index (χ2n) is 3.68. The van der Waals surface area contributed by atoms with Gasteiger partial charge in [0, 0.05) is 11.9 Å². The van der Waals surface area contributed by atoms with Gasteiger partial charge in [-0.05, 0) is 6.07 Å². The van der Waals surface area contributed by atoms with Crippen LogP contribution >= 0.6 is 19.6 Å². The van der Waals surface area contributed by atoms with Crippen molar-refractivity contribution in [3.05, 3.63) is 22.7 Å². The highest BCUT2D eigenvalue weighted by Gasteiger charge is 2.30. The van der Waals surface area contributed by atoms with Gasteiger partial charge in [0.2, 0.25) is 0 Å². The van der Waals surface area contributed by atoms with Gasteiger partial charge in [0.1, 0.15) is 17.5 Å². The lowest BCUT2D eigenvalue weighted by Gasteiger charge is -2.14. The van der Waals surface area contributed by atoms with Crippen LogP contribution in [0.1, 0.15) is 6.23 Å². The first kappa shape index (κ1) is 14.5. The zero-order valence-corrected chi connectivity index (χ0v) is 11.3. The second-order valence-corrected chi connectivity index (χ2v) is 6.11. The van der Waals surface area contributed by atoms with Crippen molar-refractivity contribution in [3.63, 3.8) is 0 Å². The molecule has 0 saturated carbocycles. The van der Waals surface area contributed by atoms with Crippen LogP contribution in [0.15, 0.2) is 17.1 Å². The van der Waals surface area contributed by atoms with Crippen molar-refractivity contribution >= 4 is 25.4 Å². The molecule has 19 heavy (non-hydrogen) atoms. The molecule has 1 saturated heterocycles. The molecule has 1 fully saturated rings. The van der Waals surface area contributed by atoms with Crippen LogP contribution in [0.4, 0.5) is 5.82 Å². The molecule has 1 aliphatic heterocycles. The number of nitrogen functional groups attached to an aromatic ring is 1. The smallest absolute Gasteiger partial charge is 0.383 e. The maximum Gasteiger partial charge on any atom is 0.469 e. The quantitative estimate of drug-likeness (QED) is 0.630. The van der Waals surface area contributed by atoms with Crippen molar-refractivity contribution in [1.29, 1.82) is 0 Å². The van der Waals surface area contributed by atoms with Gasteiger partial charge < -0.3 is 20.3 Å². The van der Waals surface area contributed by atoms with E-state index in [-0.39, 0.29) is 12.4 Å². The van der Waals surface area contributed by atoms with E-state index in [4.69, 9.17) is 20.3 Å². The van der Waals surface area contributed by atoms with Gasteiger partial charge in [0.25, 0.3) is 0 Å². The number of nitrogens with zero attached hydrogens (tertiary/aromatic N) is 2. The molecule has 0 amide bonds. The number of phosphoric ester groups is 1. The minimum atomic E-state index is -4.52. The molecule has 4 N–H and O–H groups in total. The monoisotopic (exact) mass is 309 g/mol. The summed E-state index contributed by atoms with van der Waals surface area (Å²) in [6, 6.07) is 1.47. The van der Waals surface area contributed by atoms with Crippen molar-refractivity contribution in [3.8, 4) is 0 Å². The SMILES string of the molecule is Nc1ccn(C2CSC(COP(=O)(O)O)O2)c(=O)n1. The van der Waals surface area contributed by atoms with Crippen LogP contribution in [0.3, 0.4) is 0 Å². The van der Waals surface area contributed by atoms with Crippen molar-refractivity contribution in [2.75, 3.05) is 18.1 Å². The standard InChI is InChI=1S/C8H12N3O6PS/c9-5-1-2-11(8(12)10-5)6-4-19-7(17-6)3-16-18(13,14)15/h1-2,6-7H,3-4H2,(H2,9,10,12)(H2,13,14,15). The van der Waals surface area contributed by atoms with Crippen LogP contribution in [-0.2, 0) is 13.8 Å². The molecule has 2 unspecified atom stereocenters. The first-order valence-corrected chi connectivity index (χ1v) is 7.75. The van der Waals surface area contributed by atoms with Gasteiger partial charge in [0.15, 0.2) is 0 Å². The van der Waals surface area contributed by atoms with Crippen LogP contribution < -0.4 is 11.4 Å². The van der Waals surface area contributed by atoms with Crippen LogP contribution in [0.2, 0.25) is 0 Å². The number of nitrogens with two attached hydrogens (primary N) is 1. The number of hydrogen-bond donors (Lipinski definition) is 3. The third-order valence-corrected chi connectivity index (χ3v) is 3.86. The van der Waals surface area contributed by atoms with E-state index >= 15 is 0 Å². The highest BCUT2D eigenvalue weighted by molar-refractivity contribution is 8.00. The predicted molar refractivity (Wildman–Crippen MR) is 67.3 cm³/mol. The summed E-state index contributed by atoms with van der Waals surface area (Å²) in [6.07, 6.45) is 0.901. The number of aromatic nitrogens is 2. The molecule has 106 valence electrons. The molecule has 1 aromatic rings. The molecule has 0 aromatic carbocycles. The van der Waals surface area contributed by atoms with E-state index < -0.39 is 25.2 Å². The summed E-state index contributed by atoms with van der Waals surface area (Å²) < 4.78 is 21.6. The second kappa shape index (κ2) is 5.61. The Kier molecular flexibility index (Phi) is 4.29. The number of ether oxygens (including phenoxy) is 1. The van der Waals surface area contributed by atoms with E-state index in [1.807, 2.05) is 0 Å². The number of rotatable bonds is 4. The Bertz CT molecular complexity index is 560. The Hall–Kier alpha value is -0.900. The Labute approximate surface area is 112 Å². The summed E-state index contributed by atoms with van der Waals surface area (Å²) >= 11 is 1.29. The highest BCUT2D eigenvalue weighted by Crippen LogP contribution is 2.39. The summed E-state index contributed by atoms with van der Waals surface area (Å²) in [6.45, 7) is -0.261. The van der Waals surface area contributed by atoms with Crippen LogP contribution in [-0.4, -0.2) is 37.1 Å². The molecule has 11 heteroatoms. The van der Waals surface area contributed by atoms with E-state index in [0.717, 1.165) is 0 Å². The number of anilines is 1. The van der Waals surface area contributed by atoms with Crippen molar-refractivity contribution < 1.29 is 23.6 Å². The lowest BCUT2D eigenvalue weighted by Crippen LogP contribution is -2.28. The lowest BCUT2D eigenvalue weighted by atomic mass is 10.5. The van der Waals surface area contributed by atoms with E-state index in [0.29, 0.717) is 5.75 Å². The fourth-order valence-corrected chi connectivity index (χ4v) is 2.90. The number of phosphoric acid groups is 1. The molecule has 2 rings (SSSR count). The molecule has 0 aliphatic carbocycles. The van der Waals surface area contributed by atoms with Gasteiger partial charge in [-0.3, -0.25) is 9.09 Å². The normalized spacial score (nSPS) is 23.7. The molecule has 1 aromatic heterocycles. The Morgan fingerprint density at radius 3 is 3.05 bits per heavy atom. The minimum absolute atomic E-state index is 0.119. The average Bonchev–Trinajstić information content (AvgIpc) is 2.74. The molecule has 0 bridgehead atoms. The van der Waals surface area contributed by atoms with Crippen molar-refractivity contribution in [2.45, 2.75) is 11.7 Å². The minimum Gasteiger partial charge on any atom is -0.383 e.